The number of ether oxygens (including phenoxy) is 1. The molecular weight excluding hydrogens is 485 g/mol. The monoisotopic (exact) mass is 510 g/mol. The minimum absolute atomic E-state index is 0.00841. The number of allylic oxidation sites excluding steroid dienone is 3. The number of aromatic nitrogens is 3. The molecule has 2 aromatic rings. The molecule has 2 heterocycles. The summed E-state index contributed by atoms with van der Waals surface area (Å²) in [7, 11) is 0. The second-order valence-corrected chi connectivity index (χ2v) is 9.07. The average Bonchev–Trinajstić information content (AvgIpc) is 3.22. The second kappa shape index (κ2) is 10.7. The van der Waals surface area contributed by atoms with Gasteiger partial charge in [-0.05, 0) is 55.0 Å². The lowest BCUT2D eigenvalue weighted by molar-refractivity contribution is -0.164. The molecule has 1 amide bonds. The Hall–Kier alpha value is -3.05. The summed E-state index contributed by atoms with van der Waals surface area (Å²) < 4.78 is 47.3. The Morgan fingerprint density at radius 2 is 1.94 bits per heavy atom. The Kier molecular flexibility index (Phi) is 7.66. The van der Waals surface area contributed by atoms with Gasteiger partial charge in [-0.3, -0.25) is 4.79 Å². The number of aromatic amines is 1. The molecule has 0 spiro atoms. The van der Waals surface area contributed by atoms with Crippen LogP contribution in [0.2, 0.25) is 0 Å². The van der Waals surface area contributed by atoms with E-state index in [0.717, 1.165) is 38.6 Å². The molecule has 1 aromatic carbocycles. The molecule has 1 aliphatic carbocycles. The van der Waals surface area contributed by atoms with Crippen LogP contribution in [-0.4, -0.2) is 40.5 Å². The highest BCUT2D eigenvalue weighted by molar-refractivity contribution is 6.30. The van der Waals surface area contributed by atoms with Crippen LogP contribution in [0.1, 0.15) is 37.2 Å². The van der Waals surface area contributed by atoms with Crippen molar-refractivity contribution in [3.63, 3.8) is 0 Å². The highest BCUT2D eigenvalue weighted by Crippen LogP contribution is 2.47. The molecule has 1 fully saturated rings. The predicted octanol–water partition coefficient (Wildman–Crippen LogP) is 4.93. The summed E-state index contributed by atoms with van der Waals surface area (Å²) in [6.07, 6.45) is 0.984. The molecule has 12 heteroatoms. The van der Waals surface area contributed by atoms with Crippen LogP contribution in [0.25, 0.3) is 0 Å². The van der Waals surface area contributed by atoms with E-state index in [-0.39, 0.29) is 28.5 Å². The molecule has 1 aromatic heterocycles. The number of hydrogen-bond donors (Lipinski definition) is 4. The fourth-order valence-electron chi connectivity index (χ4n) is 4.30. The molecule has 5 N–H and O–H groups in total. The zero-order valence-electron chi connectivity index (χ0n) is 18.7. The summed E-state index contributed by atoms with van der Waals surface area (Å²) in [6.45, 7) is 1.46. The summed E-state index contributed by atoms with van der Waals surface area (Å²) in [4.78, 5) is 16.1. The number of benzene rings is 1. The molecule has 0 bridgehead atoms. The normalized spacial score (nSPS) is 21.3. The Morgan fingerprint density at radius 3 is 2.57 bits per heavy atom. The number of H-pyrrole nitrogens is 1. The molecular formula is C23H26ClF3N6O2. The third kappa shape index (κ3) is 6.55. The molecule has 1 aliphatic heterocycles. The number of rotatable bonds is 7. The molecule has 8 nitrogen and oxygen atoms in total. The van der Waals surface area contributed by atoms with Crippen LogP contribution in [0.5, 0.6) is 0 Å². The number of carbonyl (C=O) groups excluding carboxylic acids is 1. The molecule has 2 aliphatic rings. The summed E-state index contributed by atoms with van der Waals surface area (Å²) in [5.41, 5.74) is 6.47. The smallest absolute Gasteiger partial charge is 0.381 e. The van der Waals surface area contributed by atoms with E-state index in [4.69, 9.17) is 22.1 Å². The van der Waals surface area contributed by atoms with Crippen molar-refractivity contribution >= 4 is 35.1 Å². The molecule has 2 unspecified atom stereocenters. The van der Waals surface area contributed by atoms with Gasteiger partial charge in [-0.25, -0.2) is 5.10 Å². The van der Waals surface area contributed by atoms with Gasteiger partial charge in [-0.15, -0.1) is 5.10 Å². The lowest BCUT2D eigenvalue weighted by Crippen LogP contribution is -2.30. The number of amides is 1. The highest BCUT2D eigenvalue weighted by Gasteiger charge is 2.46. The lowest BCUT2D eigenvalue weighted by Gasteiger charge is -2.31. The van der Waals surface area contributed by atoms with Gasteiger partial charge in [0.15, 0.2) is 0 Å². The van der Waals surface area contributed by atoms with Gasteiger partial charge in [0, 0.05) is 42.0 Å². The van der Waals surface area contributed by atoms with E-state index in [1.807, 2.05) is 0 Å². The highest BCUT2D eigenvalue weighted by atomic mass is 35.5. The molecule has 4 rings (SSSR count). The number of nitrogens with zero attached hydrogens (tertiary/aromatic N) is 2. The van der Waals surface area contributed by atoms with Crippen molar-refractivity contribution in [2.45, 2.75) is 37.8 Å². The molecule has 0 saturated carbocycles. The molecule has 2 atom stereocenters. The van der Waals surface area contributed by atoms with E-state index in [2.05, 4.69) is 25.8 Å². The maximum Gasteiger partial charge on any atom is 0.396 e. The van der Waals surface area contributed by atoms with Crippen LogP contribution in [0, 0.1) is 11.8 Å². The van der Waals surface area contributed by atoms with Gasteiger partial charge in [-0.2, -0.15) is 18.2 Å². The van der Waals surface area contributed by atoms with Crippen molar-refractivity contribution in [1.29, 1.82) is 0 Å². The first-order valence-corrected chi connectivity index (χ1v) is 11.6. The summed E-state index contributed by atoms with van der Waals surface area (Å²) >= 11 is 6.35. The van der Waals surface area contributed by atoms with E-state index in [1.165, 1.54) is 6.08 Å². The largest absolute Gasteiger partial charge is 0.396 e. The number of carbonyl (C=O) groups is 1. The van der Waals surface area contributed by atoms with E-state index in [0.29, 0.717) is 23.6 Å². The molecule has 188 valence electrons. The van der Waals surface area contributed by atoms with Crippen LogP contribution in [0.4, 0.5) is 30.8 Å². The van der Waals surface area contributed by atoms with Gasteiger partial charge < -0.3 is 21.1 Å². The van der Waals surface area contributed by atoms with Crippen molar-refractivity contribution in [3.8, 4) is 0 Å². The van der Waals surface area contributed by atoms with Crippen LogP contribution in [0.15, 0.2) is 47.1 Å². The van der Waals surface area contributed by atoms with Crippen molar-refractivity contribution < 1.29 is 22.7 Å². The van der Waals surface area contributed by atoms with Crippen LogP contribution in [-0.2, 0) is 9.53 Å². The second-order valence-electron chi connectivity index (χ2n) is 8.63. The van der Waals surface area contributed by atoms with Gasteiger partial charge >= 0.3 is 6.18 Å². The summed E-state index contributed by atoms with van der Waals surface area (Å²) in [6, 6.07) is 6.28. The molecule has 0 radical (unpaired) electrons. The van der Waals surface area contributed by atoms with Gasteiger partial charge in [0.1, 0.15) is 0 Å². The first-order chi connectivity index (χ1) is 16.7. The van der Waals surface area contributed by atoms with Crippen molar-refractivity contribution in [3.05, 3.63) is 52.7 Å². The first kappa shape index (κ1) is 25.1. The Bertz CT molecular complexity index is 1090. The van der Waals surface area contributed by atoms with Gasteiger partial charge in [-0.1, -0.05) is 23.7 Å². The van der Waals surface area contributed by atoms with Crippen molar-refractivity contribution in [2.75, 3.05) is 29.6 Å². The maximum atomic E-state index is 14.0. The van der Waals surface area contributed by atoms with E-state index < -0.39 is 18.0 Å². The molecule has 1 saturated heterocycles. The quantitative estimate of drug-likeness (QED) is 0.419. The minimum atomic E-state index is -4.55. The Morgan fingerprint density at radius 1 is 1.23 bits per heavy atom. The van der Waals surface area contributed by atoms with Gasteiger partial charge in [0.05, 0.1) is 5.92 Å². The zero-order chi connectivity index (χ0) is 25.0. The minimum Gasteiger partial charge on any atom is -0.381 e. The van der Waals surface area contributed by atoms with E-state index in [1.54, 1.807) is 24.3 Å². The maximum absolute atomic E-state index is 14.0. The zero-order valence-corrected chi connectivity index (χ0v) is 19.5. The van der Waals surface area contributed by atoms with Crippen LogP contribution in [0.3, 0.4) is 0 Å². The van der Waals surface area contributed by atoms with Crippen LogP contribution >= 0.6 is 11.6 Å². The van der Waals surface area contributed by atoms with Gasteiger partial charge in [0.2, 0.25) is 17.8 Å². The summed E-state index contributed by atoms with van der Waals surface area (Å²) in [5.74, 6) is -2.59. The first-order valence-electron chi connectivity index (χ1n) is 11.3. The number of nitrogens with one attached hydrogen (secondary N) is 3. The Labute approximate surface area is 205 Å². The number of nitrogens with two attached hydrogens (primary N) is 1. The number of anilines is 3. The van der Waals surface area contributed by atoms with E-state index in [9.17, 15) is 18.0 Å². The third-order valence-corrected chi connectivity index (χ3v) is 6.46. The standard InChI is InChI=1S/C23H26ClF3N6O2/c24-18-12-16(30-22-31-21(28)32-33-22)11-17(23(25,26)27)20(18)14-2-4-15(5-3-14)29-19(34)6-1-13-7-9-35-10-8-13/h2-5,11-13,17,20H,1,6-10H2,(H,29,34)(H4,28,30,31,32,33). The number of hydrogen-bond acceptors (Lipinski definition) is 6. The predicted molar refractivity (Wildman–Crippen MR) is 127 cm³/mol. The number of nitrogen functional groups attached to an aromatic ring is 1. The lowest BCUT2D eigenvalue weighted by atomic mass is 9.81. The van der Waals surface area contributed by atoms with Crippen molar-refractivity contribution in [2.24, 2.45) is 11.8 Å². The Balaban J connectivity index is 1.43. The fraction of sp³-hybridized carbons (Fsp3) is 0.435. The number of alkyl halides is 3. The summed E-state index contributed by atoms with van der Waals surface area (Å²) in [5, 5.41) is 11.7. The SMILES string of the molecule is Nc1nc(NC2=CC(C(F)(F)F)C(c3ccc(NC(=O)CCC4CCOCC4)cc3)C(Cl)=C2)n[nH]1. The van der Waals surface area contributed by atoms with Crippen LogP contribution < -0.4 is 16.4 Å². The van der Waals surface area contributed by atoms with Gasteiger partial charge in [0.25, 0.3) is 0 Å². The topological polar surface area (TPSA) is 118 Å². The van der Waals surface area contributed by atoms with E-state index >= 15 is 0 Å². The fourth-order valence-corrected chi connectivity index (χ4v) is 4.68. The molecule has 35 heavy (non-hydrogen) atoms. The average molecular weight is 511 g/mol. The number of halogens is 4. The van der Waals surface area contributed by atoms with Crippen molar-refractivity contribution in [1.82, 2.24) is 15.2 Å². The third-order valence-electron chi connectivity index (χ3n) is 6.12.